The van der Waals surface area contributed by atoms with Gasteiger partial charge in [-0.1, -0.05) is 30.3 Å². The molecule has 3 aromatic rings. The van der Waals surface area contributed by atoms with Crippen molar-refractivity contribution in [2.75, 3.05) is 0 Å². The van der Waals surface area contributed by atoms with Gasteiger partial charge in [0.25, 0.3) is 0 Å². The van der Waals surface area contributed by atoms with Gasteiger partial charge >= 0.3 is 0 Å². The van der Waals surface area contributed by atoms with E-state index in [0.717, 1.165) is 26.8 Å². The molecule has 0 unspecified atom stereocenters. The summed E-state index contributed by atoms with van der Waals surface area (Å²) in [6, 6.07) is 15.9. The molecule has 3 rings (SSSR count). The highest BCUT2D eigenvalue weighted by atomic mass is 79.9. The number of hydrogen-bond donors (Lipinski definition) is 0. The maximum absolute atomic E-state index is 5.81. The normalized spacial score (nSPS) is 10.7. The van der Waals surface area contributed by atoms with Gasteiger partial charge in [0.2, 0.25) is 0 Å². The zero-order valence-electron chi connectivity index (χ0n) is 9.60. The maximum Gasteiger partial charge on any atom is 0.135 e. The first kappa shape index (κ1) is 11.4. The summed E-state index contributed by atoms with van der Waals surface area (Å²) in [6.07, 6.45) is 1.68. The number of fused-ring (bicyclic) bond motifs is 1. The first-order valence-corrected chi connectivity index (χ1v) is 6.46. The van der Waals surface area contributed by atoms with Crippen LogP contribution in [0.4, 0.5) is 0 Å². The Hall–Kier alpha value is -1.74. The van der Waals surface area contributed by atoms with Crippen LogP contribution in [0.1, 0.15) is 5.56 Å². The van der Waals surface area contributed by atoms with Crippen LogP contribution < -0.4 is 4.74 Å². The predicted octanol–water partition coefficient (Wildman–Crippen LogP) is 4.77. The minimum absolute atomic E-state index is 0.558. The minimum Gasteiger partial charge on any atom is -0.488 e. The van der Waals surface area contributed by atoms with Crippen LogP contribution in [-0.4, -0.2) is 0 Å². The van der Waals surface area contributed by atoms with Crippen LogP contribution in [0.5, 0.6) is 5.75 Å². The molecular formula is C15H11BrO2. The van der Waals surface area contributed by atoms with E-state index in [1.54, 1.807) is 6.26 Å². The van der Waals surface area contributed by atoms with Gasteiger partial charge in [0, 0.05) is 5.39 Å². The second-order valence-electron chi connectivity index (χ2n) is 3.98. The zero-order valence-corrected chi connectivity index (χ0v) is 11.2. The molecule has 2 aromatic carbocycles. The van der Waals surface area contributed by atoms with E-state index in [0.29, 0.717) is 6.61 Å². The quantitative estimate of drug-likeness (QED) is 0.695. The molecule has 0 aliphatic heterocycles. The molecule has 3 heteroatoms. The molecule has 0 aliphatic rings. The van der Waals surface area contributed by atoms with Gasteiger partial charge < -0.3 is 9.15 Å². The number of ether oxygens (including phenoxy) is 1. The lowest BCUT2D eigenvalue weighted by Crippen LogP contribution is -1.95. The summed E-state index contributed by atoms with van der Waals surface area (Å²) in [5.41, 5.74) is 2.01. The lowest BCUT2D eigenvalue weighted by molar-refractivity contribution is 0.304. The minimum atomic E-state index is 0.558. The van der Waals surface area contributed by atoms with Crippen molar-refractivity contribution in [3.8, 4) is 5.75 Å². The number of furan rings is 1. The fourth-order valence-electron chi connectivity index (χ4n) is 1.84. The summed E-state index contributed by atoms with van der Waals surface area (Å²) in [4.78, 5) is 0. The van der Waals surface area contributed by atoms with Crippen molar-refractivity contribution < 1.29 is 9.15 Å². The van der Waals surface area contributed by atoms with Gasteiger partial charge in [-0.15, -0.1) is 0 Å². The first-order valence-electron chi connectivity index (χ1n) is 5.67. The van der Waals surface area contributed by atoms with E-state index in [1.807, 2.05) is 48.5 Å². The lowest BCUT2D eigenvalue weighted by Gasteiger charge is -2.08. The van der Waals surface area contributed by atoms with Crippen molar-refractivity contribution in [1.82, 2.24) is 0 Å². The van der Waals surface area contributed by atoms with Crippen molar-refractivity contribution in [3.63, 3.8) is 0 Å². The third-order valence-electron chi connectivity index (χ3n) is 2.77. The second-order valence-corrected chi connectivity index (χ2v) is 4.78. The van der Waals surface area contributed by atoms with Gasteiger partial charge in [0.1, 0.15) is 17.9 Å². The van der Waals surface area contributed by atoms with Crippen molar-refractivity contribution in [2.24, 2.45) is 0 Å². The van der Waals surface area contributed by atoms with Crippen LogP contribution >= 0.6 is 15.9 Å². The monoisotopic (exact) mass is 302 g/mol. The van der Waals surface area contributed by atoms with E-state index in [4.69, 9.17) is 9.15 Å². The molecule has 0 amide bonds. The number of rotatable bonds is 3. The fourth-order valence-corrected chi connectivity index (χ4v) is 2.41. The van der Waals surface area contributed by atoms with Gasteiger partial charge in [-0.25, -0.2) is 0 Å². The van der Waals surface area contributed by atoms with Gasteiger partial charge in [0.05, 0.1) is 10.7 Å². The van der Waals surface area contributed by atoms with E-state index in [-0.39, 0.29) is 0 Å². The molecule has 2 nitrogen and oxygen atoms in total. The Morgan fingerprint density at radius 2 is 1.83 bits per heavy atom. The fraction of sp³-hybridized carbons (Fsp3) is 0.0667. The summed E-state index contributed by atoms with van der Waals surface area (Å²) in [5, 5.41) is 1.03. The van der Waals surface area contributed by atoms with Gasteiger partial charge in [-0.2, -0.15) is 0 Å². The standard InChI is InChI=1S/C15H11BrO2/c16-15-12-8-9-17-13(12)6-7-14(15)18-10-11-4-2-1-3-5-11/h1-9H,10H2. The summed E-state index contributed by atoms with van der Waals surface area (Å²) < 4.78 is 12.1. The summed E-state index contributed by atoms with van der Waals surface area (Å²) >= 11 is 3.55. The second kappa shape index (κ2) is 4.86. The van der Waals surface area contributed by atoms with Crippen LogP contribution in [0.15, 0.2) is 63.7 Å². The smallest absolute Gasteiger partial charge is 0.135 e. The van der Waals surface area contributed by atoms with Crippen molar-refractivity contribution >= 4 is 26.9 Å². The molecule has 1 heterocycles. The average Bonchev–Trinajstić information content (AvgIpc) is 2.88. The molecule has 0 spiro atoms. The van der Waals surface area contributed by atoms with E-state index < -0.39 is 0 Å². The van der Waals surface area contributed by atoms with Crippen LogP contribution in [0.3, 0.4) is 0 Å². The molecule has 90 valence electrons. The molecule has 0 saturated carbocycles. The Labute approximate surface area is 113 Å². The molecule has 0 radical (unpaired) electrons. The van der Waals surface area contributed by atoms with Crippen LogP contribution in [0.2, 0.25) is 0 Å². The SMILES string of the molecule is Brc1c(OCc2ccccc2)ccc2occc12. The zero-order chi connectivity index (χ0) is 12.4. The average molecular weight is 303 g/mol. The third-order valence-corrected chi connectivity index (χ3v) is 3.59. The van der Waals surface area contributed by atoms with Crippen molar-refractivity contribution in [1.29, 1.82) is 0 Å². The first-order chi connectivity index (χ1) is 8.84. The molecule has 0 aliphatic carbocycles. The third kappa shape index (κ3) is 2.14. The maximum atomic E-state index is 5.81. The van der Waals surface area contributed by atoms with E-state index in [2.05, 4.69) is 15.9 Å². The van der Waals surface area contributed by atoms with Crippen LogP contribution in [0.25, 0.3) is 11.0 Å². The van der Waals surface area contributed by atoms with E-state index in [1.165, 1.54) is 0 Å². The van der Waals surface area contributed by atoms with Gasteiger partial charge in [0.15, 0.2) is 0 Å². The number of benzene rings is 2. The van der Waals surface area contributed by atoms with E-state index in [9.17, 15) is 0 Å². The summed E-state index contributed by atoms with van der Waals surface area (Å²) in [7, 11) is 0. The van der Waals surface area contributed by atoms with Gasteiger partial charge in [-0.05, 0) is 39.7 Å². The van der Waals surface area contributed by atoms with Crippen LogP contribution in [0, 0.1) is 0 Å². The molecular weight excluding hydrogens is 292 g/mol. The highest BCUT2D eigenvalue weighted by molar-refractivity contribution is 9.10. The topological polar surface area (TPSA) is 22.4 Å². The highest BCUT2D eigenvalue weighted by Crippen LogP contribution is 2.34. The Balaban J connectivity index is 1.84. The molecule has 0 N–H and O–H groups in total. The Kier molecular flexibility index (Phi) is 3.07. The van der Waals surface area contributed by atoms with E-state index >= 15 is 0 Å². The lowest BCUT2D eigenvalue weighted by atomic mass is 10.2. The molecule has 0 fully saturated rings. The highest BCUT2D eigenvalue weighted by Gasteiger charge is 2.08. The van der Waals surface area contributed by atoms with Gasteiger partial charge in [-0.3, -0.25) is 0 Å². The largest absolute Gasteiger partial charge is 0.488 e. The summed E-state index contributed by atoms with van der Waals surface area (Å²) in [6.45, 7) is 0.558. The Morgan fingerprint density at radius 3 is 2.67 bits per heavy atom. The summed E-state index contributed by atoms with van der Waals surface area (Å²) in [5.74, 6) is 0.827. The number of halogens is 1. The number of hydrogen-bond acceptors (Lipinski definition) is 2. The predicted molar refractivity (Wildman–Crippen MR) is 74.7 cm³/mol. The molecule has 0 atom stereocenters. The molecule has 18 heavy (non-hydrogen) atoms. The van der Waals surface area contributed by atoms with Crippen molar-refractivity contribution in [2.45, 2.75) is 6.61 Å². The Morgan fingerprint density at radius 1 is 1.00 bits per heavy atom. The van der Waals surface area contributed by atoms with Crippen LogP contribution in [-0.2, 0) is 6.61 Å². The Bertz CT molecular complexity index is 659. The molecule has 0 bridgehead atoms. The molecule has 0 saturated heterocycles. The van der Waals surface area contributed by atoms with Crippen molar-refractivity contribution in [3.05, 3.63) is 64.8 Å². The molecule has 1 aromatic heterocycles.